The number of carbonyl (C=O) groups excluding carboxylic acids is 2. The summed E-state index contributed by atoms with van der Waals surface area (Å²) in [6.07, 6.45) is -0.0834. The van der Waals surface area contributed by atoms with Crippen LogP contribution in [0.2, 0.25) is 5.02 Å². The van der Waals surface area contributed by atoms with Crippen molar-refractivity contribution in [3.8, 4) is 11.3 Å². The third-order valence-corrected chi connectivity index (χ3v) is 5.78. The molecule has 38 heavy (non-hydrogen) atoms. The Bertz CT molecular complexity index is 1480. The van der Waals surface area contributed by atoms with Crippen LogP contribution in [-0.4, -0.2) is 16.8 Å². The number of aromatic nitrogens is 1. The van der Waals surface area contributed by atoms with Crippen LogP contribution in [0.25, 0.3) is 17.4 Å². The lowest BCUT2D eigenvalue weighted by Crippen LogP contribution is -2.34. The van der Waals surface area contributed by atoms with Crippen LogP contribution in [0.1, 0.15) is 32.8 Å². The first-order valence-electron chi connectivity index (χ1n) is 11.3. The first-order chi connectivity index (χ1) is 18.1. The van der Waals surface area contributed by atoms with Crippen molar-refractivity contribution in [2.75, 3.05) is 0 Å². The Kier molecular flexibility index (Phi) is 7.97. The second-order valence-corrected chi connectivity index (χ2v) is 8.72. The van der Waals surface area contributed by atoms with Crippen LogP contribution in [-0.2, 0) is 17.5 Å². The average Bonchev–Trinajstić information content (AvgIpc) is 3.35. The molecule has 4 rings (SSSR count). The van der Waals surface area contributed by atoms with E-state index < -0.39 is 23.6 Å². The van der Waals surface area contributed by atoms with Crippen LogP contribution in [0.5, 0.6) is 0 Å². The van der Waals surface area contributed by atoms with Crippen molar-refractivity contribution in [2.45, 2.75) is 19.6 Å². The Balaban J connectivity index is 1.63. The fourth-order valence-electron chi connectivity index (χ4n) is 3.45. The summed E-state index contributed by atoms with van der Waals surface area (Å²) in [4.78, 5) is 29.9. The molecule has 0 radical (unpaired) electrons. The summed E-state index contributed by atoms with van der Waals surface area (Å²) >= 11 is 6.12. The Labute approximate surface area is 221 Å². The summed E-state index contributed by atoms with van der Waals surface area (Å²) in [6, 6.07) is 16.1. The van der Waals surface area contributed by atoms with Gasteiger partial charge in [0.15, 0.2) is 0 Å². The summed E-state index contributed by atoms with van der Waals surface area (Å²) < 4.78 is 45.3. The number of nitrogens with one attached hydrogen (secondary N) is 2. The van der Waals surface area contributed by atoms with Crippen LogP contribution in [0.15, 0.2) is 89.2 Å². The van der Waals surface area contributed by atoms with Crippen molar-refractivity contribution >= 4 is 29.5 Å². The first-order valence-corrected chi connectivity index (χ1v) is 11.7. The van der Waals surface area contributed by atoms with E-state index in [1.165, 1.54) is 18.2 Å². The number of nitrogens with zero attached hydrogens (tertiary/aromatic N) is 1. The van der Waals surface area contributed by atoms with Crippen molar-refractivity contribution in [1.29, 1.82) is 0 Å². The molecule has 2 aromatic heterocycles. The molecule has 0 aliphatic carbocycles. The monoisotopic (exact) mass is 539 g/mol. The Morgan fingerprint density at radius 1 is 1.05 bits per heavy atom. The number of hydrogen-bond donors (Lipinski definition) is 2. The lowest BCUT2D eigenvalue weighted by atomic mass is 10.1. The largest absolute Gasteiger partial charge is 0.457 e. The molecule has 0 unspecified atom stereocenters. The van der Waals surface area contributed by atoms with Gasteiger partial charge < -0.3 is 15.1 Å². The van der Waals surface area contributed by atoms with Crippen molar-refractivity contribution in [3.63, 3.8) is 0 Å². The summed E-state index contributed by atoms with van der Waals surface area (Å²) in [6.45, 7) is 2.03. The van der Waals surface area contributed by atoms with Crippen LogP contribution < -0.4 is 10.6 Å². The predicted octanol–water partition coefficient (Wildman–Crippen LogP) is 6.41. The molecule has 10 heteroatoms. The second kappa shape index (κ2) is 11.4. The van der Waals surface area contributed by atoms with Crippen LogP contribution >= 0.6 is 11.6 Å². The van der Waals surface area contributed by atoms with Crippen LogP contribution in [0, 0.1) is 6.92 Å². The molecule has 194 valence electrons. The third kappa shape index (κ3) is 6.68. The van der Waals surface area contributed by atoms with Gasteiger partial charge in [0.05, 0.1) is 10.6 Å². The van der Waals surface area contributed by atoms with E-state index in [2.05, 4.69) is 15.6 Å². The number of alkyl halides is 3. The van der Waals surface area contributed by atoms with Crippen molar-refractivity contribution < 1.29 is 27.2 Å². The summed E-state index contributed by atoms with van der Waals surface area (Å²) in [7, 11) is 0. The van der Waals surface area contributed by atoms with E-state index in [0.717, 1.165) is 29.3 Å². The van der Waals surface area contributed by atoms with E-state index in [1.807, 2.05) is 6.92 Å². The van der Waals surface area contributed by atoms with Gasteiger partial charge in [-0.2, -0.15) is 13.2 Å². The zero-order chi connectivity index (χ0) is 27.3. The molecule has 0 fully saturated rings. The molecular weight excluding hydrogens is 519 g/mol. The van der Waals surface area contributed by atoms with E-state index >= 15 is 0 Å². The number of carbonyl (C=O) groups is 2. The highest BCUT2D eigenvalue weighted by atomic mass is 35.5. The number of halogens is 4. The van der Waals surface area contributed by atoms with Gasteiger partial charge in [-0.25, -0.2) is 0 Å². The SMILES string of the molecule is Cc1ccc(C(=O)N/C(=C/c2ccc(-c3cc(C(F)(F)F)ccc3Cl)o2)C(=O)NCc2cccnc2)cc1. The molecule has 2 amide bonds. The van der Waals surface area contributed by atoms with Gasteiger partial charge in [0.1, 0.15) is 17.2 Å². The maximum atomic E-state index is 13.2. The number of furan rings is 1. The van der Waals surface area contributed by atoms with Gasteiger partial charge in [0.2, 0.25) is 0 Å². The highest BCUT2D eigenvalue weighted by Gasteiger charge is 2.31. The maximum absolute atomic E-state index is 13.2. The fraction of sp³-hybridized carbons (Fsp3) is 0.107. The molecule has 0 aliphatic heterocycles. The standard InChI is InChI=1S/C28H21ClF3N3O3/c1-17-4-6-19(7-5-17)26(36)35-24(27(37)34-16-18-3-2-12-33-15-18)14-21-9-11-25(38-21)22-13-20(28(30,31)32)8-10-23(22)29/h2-15H,16H2,1H3,(H,34,37)(H,35,36)/b24-14+. The maximum Gasteiger partial charge on any atom is 0.416 e. The highest BCUT2D eigenvalue weighted by molar-refractivity contribution is 6.33. The van der Waals surface area contributed by atoms with Gasteiger partial charge in [-0.15, -0.1) is 0 Å². The molecule has 2 aromatic carbocycles. The zero-order valence-electron chi connectivity index (χ0n) is 20.0. The van der Waals surface area contributed by atoms with E-state index in [-0.39, 0.29) is 34.3 Å². The van der Waals surface area contributed by atoms with E-state index in [4.69, 9.17) is 16.0 Å². The summed E-state index contributed by atoms with van der Waals surface area (Å²) in [5.41, 5.74) is 1.05. The van der Waals surface area contributed by atoms with Gasteiger partial charge in [-0.1, -0.05) is 35.4 Å². The fourth-order valence-corrected chi connectivity index (χ4v) is 3.66. The number of benzene rings is 2. The molecule has 2 heterocycles. The minimum atomic E-state index is -4.56. The zero-order valence-corrected chi connectivity index (χ0v) is 20.7. The third-order valence-electron chi connectivity index (χ3n) is 5.45. The molecule has 0 saturated heterocycles. The summed E-state index contributed by atoms with van der Waals surface area (Å²) in [5.74, 6) is -0.957. The van der Waals surface area contributed by atoms with Gasteiger partial charge in [0.25, 0.3) is 11.8 Å². The molecule has 0 bridgehead atoms. The number of aryl methyl sites for hydroxylation is 1. The highest BCUT2D eigenvalue weighted by Crippen LogP contribution is 2.36. The van der Waals surface area contributed by atoms with Gasteiger partial charge in [-0.3, -0.25) is 14.6 Å². The Morgan fingerprint density at radius 2 is 1.82 bits per heavy atom. The molecule has 0 atom stereocenters. The lowest BCUT2D eigenvalue weighted by Gasteiger charge is -2.11. The molecule has 0 saturated carbocycles. The average molecular weight is 540 g/mol. The number of hydrogen-bond acceptors (Lipinski definition) is 4. The molecular formula is C28H21ClF3N3O3. The number of rotatable bonds is 7. The van der Waals surface area contributed by atoms with Gasteiger partial charge in [0, 0.05) is 36.1 Å². The topological polar surface area (TPSA) is 84.2 Å². The molecule has 4 aromatic rings. The second-order valence-electron chi connectivity index (χ2n) is 8.32. The predicted molar refractivity (Wildman–Crippen MR) is 137 cm³/mol. The first kappa shape index (κ1) is 26.7. The van der Waals surface area contributed by atoms with Gasteiger partial charge in [-0.05, 0) is 61.0 Å². The van der Waals surface area contributed by atoms with E-state index in [1.54, 1.807) is 48.8 Å². The van der Waals surface area contributed by atoms with E-state index in [9.17, 15) is 22.8 Å². The quantitative estimate of drug-likeness (QED) is 0.266. The normalized spacial score (nSPS) is 11.8. The minimum Gasteiger partial charge on any atom is -0.457 e. The minimum absolute atomic E-state index is 0.0346. The van der Waals surface area contributed by atoms with Gasteiger partial charge >= 0.3 is 6.18 Å². The molecule has 0 aliphatic rings. The van der Waals surface area contributed by atoms with Crippen LogP contribution in [0.4, 0.5) is 13.2 Å². The molecule has 2 N–H and O–H groups in total. The van der Waals surface area contributed by atoms with Crippen molar-refractivity contribution in [1.82, 2.24) is 15.6 Å². The smallest absolute Gasteiger partial charge is 0.416 e. The summed E-state index contributed by atoms with van der Waals surface area (Å²) in [5, 5.41) is 5.35. The number of amides is 2. The number of pyridine rings is 1. The lowest BCUT2D eigenvalue weighted by molar-refractivity contribution is -0.137. The van der Waals surface area contributed by atoms with Crippen molar-refractivity contribution in [2.24, 2.45) is 0 Å². The Hall–Kier alpha value is -4.37. The Morgan fingerprint density at radius 3 is 2.50 bits per heavy atom. The molecule has 6 nitrogen and oxygen atoms in total. The van der Waals surface area contributed by atoms with Crippen molar-refractivity contribution in [3.05, 3.63) is 118 Å². The van der Waals surface area contributed by atoms with Crippen LogP contribution in [0.3, 0.4) is 0 Å². The van der Waals surface area contributed by atoms with E-state index in [0.29, 0.717) is 5.56 Å². The molecule has 0 spiro atoms.